The fraction of sp³-hybridized carbons (Fsp3) is 0.167. The molecule has 0 unspecified atom stereocenters. The fourth-order valence-corrected chi connectivity index (χ4v) is 3.89. The summed E-state index contributed by atoms with van der Waals surface area (Å²) in [5.74, 6) is 0.776. The lowest BCUT2D eigenvalue weighted by Crippen LogP contribution is -1.81. The van der Waals surface area contributed by atoms with Crippen LogP contribution in [-0.4, -0.2) is 27.2 Å². The van der Waals surface area contributed by atoms with Gasteiger partial charge < -0.3 is 14.8 Å². The first kappa shape index (κ1) is 13.7. The van der Waals surface area contributed by atoms with Crippen LogP contribution in [0.4, 0.5) is 0 Å². The van der Waals surface area contributed by atoms with Crippen molar-refractivity contribution in [1.82, 2.24) is 15.0 Å². The highest BCUT2D eigenvalue weighted by molar-refractivity contribution is 8.00. The largest absolute Gasteiger partial charge is 0.497 e. The Hall–Kier alpha value is -1.28. The fourth-order valence-electron chi connectivity index (χ4n) is 1.68. The minimum atomic E-state index is -0.103. The molecule has 0 bridgehead atoms. The van der Waals surface area contributed by atoms with E-state index in [1.54, 1.807) is 7.11 Å². The van der Waals surface area contributed by atoms with Crippen molar-refractivity contribution in [1.29, 1.82) is 0 Å². The van der Waals surface area contributed by atoms with E-state index in [4.69, 9.17) is 21.4 Å². The van der Waals surface area contributed by atoms with E-state index < -0.39 is 0 Å². The van der Waals surface area contributed by atoms with Gasteiger partial charge in [-0.15, -0.1) is 11.3 Å². The maximum atomic E-state index is 9.11. The standard InChI is InChI=1S/C12H10ClN3O2S2/c1-18-6-2-3-7-8(4-6)15-11(14-7)20-12-16-10(13)9(5-17)19-12/h2-4,17H,5H2,1H3,(H,14,15). The average Bonchev–Trinajstić information content (AvgIpc) is 3.00. The van der Waals surface area contributed by atoms with Gasteiger partial charge in [-0.3, -0.25) is 0 Å². The van der Waals surface area contributed by atoms with Gasteiger partial charge in [0, 0.05) is 6.07 Å². The highest BCUT2D eigenvalue weighted by Gasteiger charge is 2.12. The number of aliphatic hydroxyl groups is 1. The normalized spacial score (nSPS) is 11.2. The van der Waals surface area contributed by atoms with Crippen molar-refractivity contribution in [3.05, 3.63) is 28.2 Å². The Bertz CT molecular complexity index is 756. The number of imidazole rings is 1. The summed E-state index contributed by atoms with van der Waals surface area (Å²) in [6.45, 7) is -0.103. The van der Waals surface area contributed by atoms with Crippen molar-refractivity contribution >= 4 is 45.7 Å². The number of aromatic nitrogens is 3. The van der Waals surface area contributed by atoms with Crippen molar-refractivity contribution < 1.29 is 9.84 Å². The molecule has 3 aromatic rings. The van der Waals surface area contributed by atoms with Gasteiger partial charge >= 0.3 is 0 Å². The summed E-state index contributed by atoms with van der Waals surface area (Å²) in [7, 11) is 1.63. The Morgan fingerprint density at radius 3 is 3.00 bits per heavy atom. The molecule has 2 heterocycles. The van der Waals surface area contributed by atoms with Gasteiger partial charge in [-0.05, 0) is 23.9 Å². The van der Waals surface area contributed by atoms with Gasteiger partial charge in [-0.2, -0.15) is 0 Å². The van der Waals surface area contributed by atoms with E-state index in [2.05, 4.69) is 15.0 Å². The van der Waals surface area contributed by atoms with Crippen molar-refractivity contribution in [3.63, 3.8) is 0 Å². The molecule has 104 valence electrons. The molecule has 0 radical (unpaired) electrons. The van der Waals surface area contributed by atoms with E-state index in [1.165, 1.54) is 23.1 Å². The summed E-state index contributed by atoms with van der Waals surface area (Å²) in [6, 6.07) is 5.64. The van der Waals surface area contributed by atoms with Crippen LogP contribution in [0.3, 0.4) is 0 Å². The maximum Gasteiger partial charge on any atom is 0.173 e. The van der Waals surface area contributed by atoms with Crippen molar-refractivity contribution in [2.75, 3.05) is 7.11 Å². The van der Waals surface area contributed by atoms with Crippen LogP contribution >= 0.6 is 34.7 Å². The quantitative estimate of drug-likeness (QED) is 0.769. The maximum absolute atomic E-state index is 9.11. The summed E-state index contributed by atoms with van der Waals surface area (Å²) in [6.07, 6.45) is 0. The summed E-state index contributed by atoms with van der Waals surface area (Å²) in [5, 5.41) is 10.2. The number of hydrogen-bond donors (Lipinski definition) is 2. The van der Waals surface area contributed by atoms with Crippen LogP contribution < -0.4 is 4.74 Å². The first-order chi connectivity index (χ1) is 9.69. The Morgan fingerprint density at radius 2 is 2.30 bits per heavy atom. The summed E-state index contributed by atoms with van der Waals surface area (Å²) < 4.78 is 5.91. The monoisotopic (exact) mass is 327 g/mol. The number of thiazole rings is 1. The van der Waals surface area contributed by atoms with Gasteiger partial charge in [-0.1, -0.05) is 11.6 Å². The molecule has 1 aromatic carbocycles. The van der Waals surface area contributed by atoms with Crippen LogP contribution in [0.2, 0.25) is 5.15 Å². The molecule has 0 fully saturated rings. The number of ether oxygens (including phenoxy) is 1. The number of aromatic amines is 1. The highest BCUT2D eigenvalue weighted by Crippen LogP contribution is 2.34. The molecule has 8 heteroatoms. The second-order valence-corrected chi connectivity index (χ2v) is 6.56. The molecule has 3 rings (SSSR count). The zero-order valence-electron chi connectivity index (χ0n) is 10.4. The summed E-state index contributed by atoms with van der Waals surface area (Å²) in [4.78, 5) is 12.5. The van der Waals surface area contributed by atoms with Crippen LogP contribution in [-0.2, 0) is 6.61 Å². The predicted octanol–water partition coefficient (Wildman–Crippen LogP) is 3.32. The van der Waals surface area contributed by atoms with Crippen LogP contribution in [0.5, 0.6) is 5.75 Å². The SMILES string of the molecule is COc1ccc2nc(Sc3nc(Cl)c(CO)s3)[nH]c2c1. The molecule has 0 aliphatic rings. The minimum absolute atomic E-state index is 0.103. The number of hydrogen-bond acceptors (Lipinski definition) is 6. The highest BCUT2D eigenvalue weighted by atomic mass is 35.5. The lowest BCUT2D eigenvalue weighted by atomic mass is 10.3. The van der Waals surface area contributed by atoms with Crippen molar-refractivity contribution in [2.45, 2.75) is 16.1 Å². The van der Waals surface area contributed by atoms with Gasteiger partial charge in [0.25, 0.3) is 0 Å². The zero-order valence-corrected chi connectivity index (χ0v) is 12.8. The summed E-state index contributed by atoms with van der Waals surface area (Å²) in [5.41, 5.74) is 1.76. The van der Waals surface area contributed by atoms with Crippen LogP contribution in [0, 0.1) is 0 Å². The number of benzene rings is 1. The number of H-pyrrole nitrogens is 1. The molecule has 0 aliphatic carbocycles. The van der Waals surface area contributed by atoms with Gasteiger partial charge in [0.05, 0.1) is 29.6 Å². The lowest BCUT2D eigenvalue weighted by molar-refractivity contribution is 0.285. The number of aliphatic hydroxyl groups excluding tert-OH is 1. The average molecular weight is 328 g/mol. The molecule has 0 saturated heterocycles. The first-order valence-corrected chi connectivity index (χ1v) is 7.68. The molecule has 0 aliphatic heterocycles. The molecular formula is C12H10ClN3O2S2. The predicted molar refractivity (Wildman–Crippen MR) is 79.8 cm³/mol. The second kappa shape index (κ2) is 5.61. The lowest BCUT2D eigenvalue weighted by Gasteiger charge is -1.96. The number of methoxy groups -OCH3 is 1. The first-order valence-electron chi connectivity index (χ1n) is 5.67. The van der Waals surface area contributed by atoms with E-state index in [0.717, 1.165) is 26.3 Å². The third-order valence-corrected chi connectivity index (χ3v) is 5.04. The molecule has 0 spiro atoms. The van der Waals surface area contributed by atoms with Crippen LogP contribution in [0.15, 0.2) is 27.7 Å². The second-order valence-electron chi connectivity index (χ2n) is 3.88. The number of rotatable bonds is 4. The Labute approximate surface area is 128 Å². The van der Waals surface area contributed by atoms with Gasteiger partial charge in [0.1, 0.15) is 10.9 Å². The summed E-state index contributed by atoms with van der Waals surface area (Å²) >= 11 is 8.65. The smallest absolute Gasteiger partial charge is 0.173 e. The number of nitrogens with zero attached hydrogens (tertiary/aromatic N) is 2. The molecule has 0 saturated carbocycles. The Kier molecular flexibility index (Phi) is 3.84. The van der Waals surface area contributed by atoms with Crippen LogP contribution in [0.25, 0.3) is 11.0 Å². The van der Waals surface area contributed by atoms with Crippen LogP contribution in [0.1, 0.15) is 4.88 Å². The third kappa shape index (κ3) is 2.62. The van der Waals surface area contributed by atoms with Gasteiger partial charge in [0.2, 0.25) is 0 Å². The molecular weight excluding hydrogens is 318 g/mol. The molecule has 20 heavy (non-hydrogen) atoms. The van der Waals surface area contributed by atoms with E-state index in [0.29, 0.717) is 10.0 Å². The van der Waals surface area contributed by atoms with Crippen molar-refractivity contribution in [2.24, 2.45) is 0 Å². The molecule has 2 aromatic heterocycles. The Balaban J connectivity index is 1.90. The molecule has 5 nitrogen and oxygen atoms in total. The topological polar surface area (TPSA) is 71.0 Å². The van der Waals surface area contributed by atoms with E-state index in [1.807, 2.05) is 18.2 Å². The number of fused-ring (bicyclic) bond motifs is 1. The number of halogens is 1. The molecule has 0 atom stereocenters. The third-order valence-electron chi connectivity index (χ3n) is 2.62. The van der Waals surface area contributed by atoms with E-state index >= 15 is 0 Å². The van der Waals surface area contributed by atoms with Gasteiger partial charge in [-0.25, -0.2) is 9.97 Å². The molecule has 2 N–H and O–H groups in total. The van der Waals surface area contributed by atoms with E-state index in [9.17, 15) is 0 Å². The van der Waals surface area contributed by atoms with Crippen molar-refractivity contribution in [3.8, 4) is 5.75 Å². The number of nitrogens with one attached hydrogen (secondary N) is 1. The Morgan fingerprint density at radius 1 is 1.45 bits per heavy atom. The van der Waals surface area contributed by atoms with Gasteiger partial charge in [0.15, 0.2) is 9.50 Å². The molecule has 0 amide bonds. The zero-order chi connectivity index (χ0) is 14.1. The minimum Gasteiger partial charge on any atom is -0.497 e. The van der Waals surface area contributed by atoms with E-state index in [-0.39, 0.29) is 6.61 Å².